The van der Waals surface area contributed by atoms with Crippen LogP contribution in [0.3, 0.4) is 0 Å². The van der Waals surface area contributed by atoms with Crippen LogP contribution in [0.25, 0.3) is 17.1 Å². The van der Waals surface area contributed by atoms with E-state index in [1.807, 2.05) is 31.2 Å². The van der Waals surface area contributed by atoms with Crippen molar-refractivity contribution >= 4 is 23.1 Å². The average Bonchev–Trinajstić information content (AvgIpc) is 2.71. The topological polar surface area (TPSA) is 113 Å². The zero-order valence-corrected chi connectivity index (χ0v) is 16.3. The molecule has 7 heteroatoms. The minimum Gasteiger partial charge on any atom is -0.469 e. The number of rotatable bonds is 10. The molecule has 1 aromatic carbocycles. The third kappa shape index (κ3) is 6.09. The van der Waals surface area contributed by atoms with E-state index in [2.05, 4.69) is 14.7 Å². The molecule has 2 rings (SSSR count). The molecule has 0 saturated heterocycles. The molecule has 3 atom stereocenters. The number of aromatic nitrogens is 2. The summed E-state index contributed by atoms with van der Waals surface area (Å²) in [6.07, 6.45) is 2.31. The molecule has 0 radical (unpaired) electrons. The first-order valence-electron chi connectivity index (χ1n) is 9.52. The van der Waals surface area contributed by atoms with Crippen molar-refractivity contribution in [3.63, 3.8) is 0 Å². The van der Waals surface area contributed by atoms with E-state index in [0.717, 1.165) is 6.42 Å². The fraction of sp³-hybridized carbons (Fsp3) is 0.476. The third-order valence-corrected chi connectivity index (χ3v) is 4.46. The molecule has 0 unspecified atom stereocenters. The number of ether oxygens (including phenoxy) is 1. The molecular weight excluding hydrogens is 360 g/mol. The van der Waals surface area contributed by atoms with E-state index in [0.29, 0.717) is 35.3 Å². The number of benzene rings is 1. The minimum atomic E-state index is -1.12. The van der Waals surface area contributed by atoms with Crippen LogP contribution in [0.1, 0.15) is 56.5 Å². The maximum Gasteiger partial charge on any atom is 0.305 e. The number of hydrogen-bond acceptors (Lipinski definition) is 7. The van der Waals surface area contributed by atoms with Crippen LogP contribution in [0, 0.1) is 0 Å². The first kappa shape index (κ1) is 21.9. The van der Waals surface area contributed by atoms with Crippen molar-refractivity contribution in [1.82, 2.24) is 9.97 Å². The standard InChI is InChI=1S/C21H28N2O5/c1-3-7-19(26)21-16(22-14-8-4-5-9-15(14)23-21)12-13-18(25)17(24)10-6-11-20(27)28-2/h4-5,8-9,12-13,17-19,24-26H,3,6-7,10-11H2,1-2H3/b13-12+/t17-,18+,19+/m0/s1. The Morgan fingerprint density at radius 1 is 1.14 bits per heavy atom. The van der Waals surface area contributed by atoms with E-state index in [1.165, 1.54) is 13.2 Å². The largest absolute Gasteiger partial charge is 0.469 e. The van der Waals surface area contributed by atoms with Gasteiger partial charge in [-0.25, -0.2) is 9.97 Å². The van der Waals surface area contributed by atoms with E-state index in [1.54, 1.807) is 6.08 Å². The smallest absolute Gasteiger partial charge is 0.305 e. The number of carbonyl (C=O) groups is 1. The highest BCUT2D eigenvalue weighted by Gasteiger charge is 2.17. The van der Waals surface area contributed by atoms with Gasteiger partial charge in [0.25, 0.3) is 0 Å². The molecule has 152 valence electrons. The lowest BCUT2D eigenvalue weighted by Gasteiger charge is -2.15. The molecule has 0 aliphatic heterocycles. The van der Waals surface area contributed by atoms with E-state index >= 15 is 0 Å². The number of para-hydroxylation sites is 2. The summed E-state index contributed by atoms with van der Waals surface area (Å²) in [4.78, 5) is 20.2. The van der Waals surface area contributed by atoms with Crippen LogP contribution in [0.5, 0.6) is 0 Å². The Labute approximate surface area is 164 Å². The van der Waals surface area contributed by atoms with E-state index in [-0.39, 0.29) is 18.8 Å². The Morgan fingerprint density at radius 3 is 2.46 bits per heavy atom. The quantitative estimate of drug-likeness (QED) is 0.536. The molecule has 28 heavy (non-hydrogen) atoms. The SMILES string of the molecule is CCC[C@@H](O)c1nc2ccccc2nc1/C=C/[C@@H](O)[C@@H](O)CCCC(=O)OC. The molecule has 0 aliphatic rings. The second-order valence-electron chi connectivity index (χ2n) is 6.67. The van der Waals surface area contributed by atoms with Crippen molar-refractivity contribution in [1.29, 1.82) is 0 Å². The molecule has 0 spiro atoms. The van der Waals surface area contributed by atoms with Gasteiger partial charge in [0.1, 0.15) is 0 Å². The average molecular weight is 388 g/mol. The maximum atomic E-state index is 11.1. The first-order chi connectivity index (χ1) is 13.5. The van der Waals surface area contributed by atoms with Crippen LogP contribution < -0.4 is 0 Å². The number of esters is 1. The van der Waals surface area contributed by atoms with Crippen molar-refractivity contribution in [2.24, 2.45) is 0 Å². The van der Waals surface area contributed by atoms with Gasteiger partial charge in [0.05, 0.1) is 47.8 Å². The third-order valence-electron chi connectivity index (χ3n) is 4.46. The molecule has 0 saturated carbocycles. The number of aliphatic hydroxyl groups excluding tert-OH is 3. The van der Waals surface area contributed by atoms with E-state index in [4.69, 9.17) is 0 Å². The highest BCUT2D eigenvalue weighted by Crippen LogP contribution is 2.23. The van der Waals surface area contributed by atoms with Gasteiger partial charge in [0.15, 0.2) is 0 Å². The molecule has 0 aliphatic carbocycles. The van der Waals surface area contributed by atoms with Gasteiger partial charge in [-0.05, 0) is 37.5 Å². The first-order valence-corrected chi connectivity index (χ1v) is 9.52. The molecule has 1 heterocycles. The summed E-state index contributed by atoms with van der Waals surface area (Å²) in [5.41, 5.74) is 2.28. The molecule has 2 aromatic rings. The predicted octanol–water partition coefficient (Wildman–Crippen LogP) is 2.54. The van der Waals surface area contributed by atoms with Crippen molar-refractivity contribution < 1.29 is 24.9 Å². The Hall–Kier alpha value is -2.35. The van der Waals surface area contributed by atoms with Gasteiger partial charge in [-0.3, -0.25) is 4.79 Å². The Morgan fingerprint density at radius 2 is 1.82 bits per heavy atom. The van der Waals surface area contributed by atoms with Gasteiger partial charge >= 0.3 is 5.97 Å². The Bertz CT molecular complexity index is 808. The number of hydrogen-bond donors (Lipinski definition) is 3. The van der Waals surface area contributed by atoms with Gasteiger partial charge in [-0.1, -0.05) is 31.6 Å². The van der Waals surface area contributed by atoms with Crippen molar-refractivity contribution in [3.05, 3.63) is 41.7 Å². The summed E-state index contributed by atoms with van der Waals surface area (Å²) >= 11 is 0. The monoisotopic (exact) mass is 388 g/mol. The lowest BCUT2D eigenvalue weighted by atomic mass is 10.0. The molecule has 7 nitrogen and oxygen atoms in total. The summed E-state index contributed by atoms with van der Waals surface area (Å²) < 4.78 is 4.55. The molecular formula is C21H28N2O5. The second-order valence-corrected chi connectivity index (χ2v) is 6.67. The highest BCUT2D eigenvalue weighted by atomic mass is 16.5. The fourth-order valence-electron chi connectivity index (χ4n) is 2.85. The lowest BCUT2D eigenvalue weighted by Crippen LogP contribution is -2.23. The molecule has 1 aromatic heterocycles. The summed E-state index contributed by atoms with van der Waals surface area (Å²) in [5.74, 6) is -0.349. The minimum absolute atomic E-state index is 0.188. The molecule has 0 amide bonds. The van der Waals surface area contributed by atoms with Gasteiger partial charge in [0, 0.05) is 6.42 Å². The van der Waals surface area contributed by atoms with Crippen LogP contribution in [0.4, 0.5) is 0 Å². The van der Waals surface area contributed by atoms with Gasteiger partial charge in [0.2, 0.25) is 0 Å². The second kappa shape index (κ2) is 10.8. The fourth-order valence-corrected chi connectivity index (χ4v) is 2.85. The highest BCUT2D eigenvalue weighted by molar-refractivity contribution is 5.75. The molecule has 0 fully saturated rings. The summed E-state index contributed by atoms with van der Waals surface area (Å²) in [6, 6.07) is 7.37. The lowest BCUT2D eigenvalue weighted by molar-refractivity contribution is -0.140. The van der Waals surface area contributed by atoms with Crippen molar-refractivity contribution in [2.45, 2.75) is 57.3 Å². The zero-order chi connectivity index (χ0) is 20.5. The van der Waals surface area contributed by atoms with Gasteiger partial charge in [-0.15, -0.1) is 0 Å². The van der Waals surface area contributed by atoms with Crippen LogP contribution in [-0.2, 0) is 9.53 Å². The van der Waals surface area contributed by atoms with Crippen LogP contribution in [0.15, 0.2) is 30.3 Å². The molecule has 3 N–H and O–H groups in total. The van der Waals surface area contributed by atoms with Crippen molar-refractivity contribution in [3.8, 4) is 0 Å². The summed E-state index contributed by atoms with van der Waals surface area (Å²) in [6.45, 7) is 1.97. The van der Waals surface area contributed by atoms with Gasteiger partial charge in [-0.2, -0.15) is 0 Å². The number of methoxy groups -OCH3 is 1. The van der Waals surface area contributed by atoms with Crippen LogP contribution >= 0.6 is 0 Å². The normalized spacial score (nSPS) is 14.9. The Kier molecular flexibility index (Phi) is 8.50. The molecule has 0 bridgehead atoms. The maximum absolute atomic E-state index is 11.1. The number of aliphatic hydroxyl groups is 3. The van der Waals surface area contributed by atoms with E-state index in [9.17, 15) is 20.1 Å². The number of nitrogens with zero attached hydrogens (tertiary/aromatic N) is 2. The van der Waals surface area contributed by atoms with Crippen LogP contribution in [-0.4, -0.2) is 50.6 Å². The summed E-state index contributed by atoms with van der Waals surface area (Å²) in [7, 11) is 1.31. The van der Waals surface area contributed by atoms with E-state index < -0.39 is 18.3 Å². The van der Waals surface area contributed by atoms with Crippen LogP contribution in [0.2, 0.25) is 0 Å². The van der Waals surface area contributed by atoms with Crippen molar-refractivity contribution in [2.75, 3.05) is 7.11 Å². The Balaban J connectivity index is 2.16. The zero-order valence-electron chi connectivity index (χ0n) is 16.3. The predicted molar refractivity (Wildman–Crippen MR) is 106 cm³/mol. The number of fused-ring (bicyclic) bond motifs is 1. The summed E-state index contributed by atoms with van der Waals surface area (Å²) in [5, 5.41) is 30.7. The number of carbonyl (C=O) groups excluding carboxylic acids is 1. The van der Waals surface area contributed by atoms with Gasteiger partial charge < -0.3 is 20.1 Å².